The number of rotatable bonds is 4. The predicted octanol–water partition coefficient (Wildman–Crippen LogP) is 3.03. The predicted molar refractivity (Wildman–Crippen MR) is 53.1 cm³/mol. The van der Waals surface area contributed by atoms with E-state index >= 15 is 0 Å². The van der Waals surface area contributed by atoms with E-state index in [9.17, 15) is 8.78 Å². The van der Waals surface area contributed by atoms with Crippen molar-refractivity contribution in [1.82, 2.24) is 5.32 Å². The molecule has 0 aliphatic rings. The van der Waals surface area contributed by atoms with Crippen LogP contribution in [0.1, 0.15) is 31.4 Å². The first-order valence-corrected chi connectivity index (χ1v) is 4.81. The average Bonchev–Trinajstić information content (AvgIpc) is 2.15. The maximum atomic E-state index is 13.3. The summed E-state index contributed by atoms with van der Waals surface area (Å²) in [5, 5.41) is 3.02. The van der Waals surface area contributed by atoms with Crippen LogP contribution >= 0.6 is 0 Å². The highest BCUT2D eigenvalue weighted by Crippen LogP contribution is 2.21. The van der Waals surface area contributed by atoms with Crippen LogP contribution in [0.15, 0.2) is 18.2 Å². The molecule has 1 rings (SSSR count). The number of halogens is 2. The van der Waals surface area contributed by atoms with Gasteiger partial charge in [-0.1, -0.05) is 19.4 Å². The largest absolute Gasteiger partial charge is 0.313 e. The highest BCUT2D eigenvalue weighted by molar-refractivity contribution is 5.22. The minimum Gasteiger partial charge on any atom is -0.313 e. The molecular weight excluding hydrogens is 184 g/mol. The zero-order valence-corrected chi connectivity index (χ0v) is 8.48. The fraction of sp³-hybridized carbons (Fsp3) is 0.455. The smallest absolute Gasteiger partial charge is 0.130 e. The second-order valence-corrected chi connectivity index (χ2v) is 3.30. The topological polar surface area (TPSA) is 12.0 Å². The molecule has 0 amide bonds. The van der Waals surface area contributed by atoms with Crippen LogP contribution in [-0.2, 0) is 0 Å². The fourth-order valence-corrected chi connectivity index (χ4v) is 1.53. The third-order valence-corrected chi connectivity index (χ3v) is 2.26. The van der Waals surface area contributed by atoms with Crippen molar-refractivity contribution in [2.24, 2.45) is 0 Å². The molecule has 1 aromatic rings. The number of hydrogen-bond donors (Lipinski definition) is 1. The molecule has 0 heterocycles. The Hall–Kier alpha value is -0.960. The van der Waals surface area contributed by atoms with Gasteiger partial charge in [0, 0.05) is 17.7 Å². The van der Waals surface area contributed by atoms with Gasteiger partial charge in [0.2, 0.25) is 0 Å². The van der Waals surface area contributed by atoms with Gasteiger partial charge in [-0.3, -0.25) is 0 Å². The summed E-state index contributed by atoms with van der Waals surface area (Å²) in [4.78, 5) is 0. The molecule has 1 nitrogen and oxygen atoms in total. The van der Waals surface area contributed by atoms with Gasteiger partial charge in [-0.15, -0.1) is 0 Å². The Morgan fingerprint density at radius 1 is 1.36 bits per heavy atom. The van der Waals surface area contributed by atoms with Gasteiger partial charge in [-0.25, -0.2) is 8.78 Å². The van der Waals surface area contributed by atoms with Crippen LogP contribution in [-0.4, -0.2) is 7.05 Å². The third kappa shape index (κ3) is 2.51. The van der Waals surface area contributed by atoms with Gasteiger partial charge in [0.15, 0.2) is 0 Å². The molecule has 0 radical (unpaired) electrons. The molecule has 0 aliphatic heterocycles. The lowest BCUT2D eigenvalue weighted by molar-refractivity contribution is 0.497. The van der Waals surface area contributed by atoms with Crippen molar-refractivity contribution in [2.45, 2.75) is 25.8 Å². The standard InChI is InChI=1S/C11H15F2N/c1-3-4-11(14-2)9-6-5-8(12)7-10(9)13/h5-7,11,14H,3-4H2,1-2H3. The fourth-order valence-electron chi connectivity index (χ4n) is 1.53. The summed E-state index contributed by atoms with van der Waals surface area (Å²) in [6.45, 7) is 2.03. The molecule has 0 aromatic heterocycles. The Morgan fingerprint density at radius 3 is 2.57 bits per heavy atom. The van der Waals surface area contributed by atoms with Crippen LogP contribution in [0.4, 0.5) is 8.78 Å². The Morgan fingerprint density at radius 2 is 2.07 bits per heavy atom. The second kappa shape index (κ2) is 5.05. The van der Waals surface area contributed by atoms with E-state index in [1.165, 1.54) is 12.1 Å². The monoisotopic (exact) mass is 199 g/mol. The lowest BCUT2D eigenvalue weighted by Gasteiger charge is -2.16. The highest BCUT2D eigenvalue weighted by Gasteiger charge is 2.13. The molecule has 78 valence electrons. The van der Waals surface area contributed by atoms with Crippen LogP contribution in [0.2, 0.25) is 0 Å². The summed E-state index contributed by atoms with van der Waals surface area (Å²) in [5.74, 6) is -1.00. The number of benzene rings is 1. The Bertz CT molecular complexity index is 299. The SMILES string of the molecule is CCCC(NC)c1ccc(F)cc1F. The molecule has 1 atom stereocenters. The molecule has 1 aromatic carbocycles. The molecule has 3 heteroatoms. The molecule has 0 fully saturated rings. The van der Waals surface area contributed by atoms with Crippen molar-refractivity contribution >= 4 is 0 Å². The molecule has 0 spiro atoms. The molecule has 1 unspecified atom stereocenters. The van der Waals surface area contributed by atoms with E-state index < -0.39 is 11.6 Å². The summed E-state index contributed by atoms with van der Waals surface area (Å²) in [6, 6.07) is 3.69. The Balaban J connectivity index is 2.92. The first-order chi connectivity index (χ1) is 6.69. The van der Waals surface area contributed by atoms with Crippen molar-refractivity contribution < 1.29 is 8.78 Å². The number of nitrogens with one attached hydrogen (secondary N) is 1. The van der Waals surface area contributed by atoms with Crippen molar-refractivity contribution in [3.8, 4) is 0 Å². The molecule has 0 saturated heterocycles. The summed E-state index contributed by atoms with van der Waals surface area (Å²) in [6.07, 6.45) is 1.81. The van der Waals surface area contributed by atoms with E-state index in [2.05, 4.69) is 5.32 Å². The minimum atomic E-state index is -0.530. The van der Waals surface area contributed by atoms with E-state index in [0.717, 1.165) is 18.9 Å². The van der Waals surface area contributed by atoms with Crippen molar-refractivity contribution in [3.63, 3.8) is 0 Å². The van der Waals surface area contributed by atoms with Gasteiger partial charge >= 0.3 is 0 Å². The van der Waals surface area contributed by atoms with E-state index in [4.69, 9.17) is 0 Å². The van der Waals surface area contributed by atoms with Gasteiger partial charge in [-0.05, 0) is 19.5 Å². The average molecular weight is 199 g/mol. The van der Waals surface area contributed by atoms with Crippen LogP contribution in [0.3, 0.4) is 0 Å². The molecule has 14 heavy (non-hydrogen) atoms. The first-order valence-electron chi connectivity index (χ1n) is 4.81. The molecule has 0 bridgehead atoms. The van der Waals surface area contributed by atoms with Gasteiger partial charge in [0.1, 0.15) is 11.6 Å². The summed E-state index contributed by atoms with van der Waals surface area (Å²) >= 11 is 0. The first kappa shape index (κ1) is 11.1. The summed E-state index contributed by atoms with van der Waals surface area (Å²) in [5.41, 5.74) is 0.538. The van der Waals surface area contributed by atoms with Crippen molar-refractivity contribution in [2.75, 3.05) is 7.05 Å². The molecule has 0 aliphatic carbocycles. The van der Waals surface area contributed by atoms with Gasteiger partial charge < -0.3 is 5.32 Å². The maximum absolute atomic E-state index is 13.3. The van der Waals surface area contributed by atoms with Crippen LogP contribution in [0.5, 0.6) is 0 Å². The molecule has 0 saturated carbocycles. The third-order valence-electron chi connectivity index (χ3n) is 2.26. The van der Waals surface area contributed by atoms with Crippen LogP contribution in [0.25, 0.3) is 0 Å². The van der Waals surface area contributed by atoms with Crippen LogP contribution in [0, 0.1) is 11.6 Å². The summed E-state index contributed by atoms with van der Waals surface area (Å²) in [7, 11) is 1.78. The van der Waals surface area contributed by atoms with Gasteiger partial charge in [0.25, 0.3) is 0 Å². The Labute approximate surface area is 83.1 Å². The zero-order chi connectivity index (χ0) is 10.6. The highest BCUT2D eigenvalue weighted by atomic mass is 19.1. The summed E-state index contributed by atoms with van der Waals surface area (Å²) < 4.78 is 26.0. The van der Waals surface area contributed by atoms with Crippen molar-refractivity contribution in [1.29, 1.82) is 0 Å². The van der Waals surface area contributed by atoms with E-state index in [0.29, 0.717) is 5.56 Å². The lowest BCUT2D eigenvalue weighted by Crippen LogP contribution is -2.17. The lowest BCUT2D eigenvalue weighted by atomic mass is 10.0. The molecular formula is C11H15F2N. The second-order valence-electron chi connectivity index (χ2n) is 3.30. The molecule has 1 N–H and O–H groups in total. The van der Waals surface area contributed by atoms with Crippen molar-refractivity contribution in [3.05, 3.63) is 35.4 Å². The zero-order valence-electron chi connectivity index (χ0n) is 8.48. The van der Waals surface area contributed by atoms with Gasteiger partial charge in [0.05, 0.1) is 0 Å². The maximum Gasteiger partial charge on any atom is 0.130 e. The van der Waals surface area contributed by atoms with E-state index in [1.807, 2.05) is 6.92 Å². The normalized spacial score (nSPS) is 12.9. The van der Waals surface area contributed by atoms with Crippen LogP contribution < -0.4 is 5.32 Å². The van der Waals surface area contributed by atoms with E-state index in [1.54, 1.807) is 7.05 Å². The number of hydrogen-bond acceptors (Lipinski definition) is 1. The van der Waals surface area contributed by atoms with E-state index in [-0.39, 0.29) is 6.04 Å². The minimum absolute atomic E-state index is 0.0272. The Kier molecular flexibility index (Phi) is 4.01. The van der Waals surface area contributed by atoms with Gasteiger partial charge in [-0.2, -0.15) is 0 Å². The quantitative estimate of drug-likeness (QED) is 0.786.